The van der Waals surface area contributed by atoms with Crippen LogP contribution < -0.4 is 14.8 Å². The van der Waals surface area contributed by atoms with Crippen LogP contribution in [0.4, 0.5) is 0 Å². The van der Waals surface area contributed by atoms with Crippen LogP contribution in [0.15, 0.2) is 18.2 Å². The summed E-state index contributed by atoms with van der Waals surface area (Å²) >= 11 is 0. The largest absolute Gasteiger partial charge is 0.497 e. The number of ether oxygens (including phenoxy) is 2. The Kier molecular flexibility index (Phi) is 6.05. The lowest BCUT2D eigenvalue weighted by Crippen LogP contribution is -2.50. The maximum absolute atomic E-state index is 9.54. The van der Waals surface area contributed by atoms with E-state index in [2.05, 4.69) is 26.1 Å². The highest BCUT2D eigenvalue weighted by molar-refractivity contribution is 5.44. The van der Waals surface area contributed by atoms with Crippen molar-refractivity contribution in [1.82, 2.24) is 5.32 Å². The summed E-state index contributed by atoms with van der Waals surface area (Å²) in [5.41, 5.74) is 0.611. The lowest BCUT2D eigenvalue weighted by Gasteiger charge is -2.30. The molecule has 1 atom stereocenters. The Balaban J connectivity index is 2.97. The first-order chi connectivity index (χ1) is 9.75. The molecular formula is C17H29NO3. The number of hydrogen-bond acceptors (Lipinski definition) is 4. The Morgan fingerprint density at radius 3 is 2.33 bits per heavy atom. The number of likely N-dealkylation sites (N-methyl/N-ethyl adjacent to an activating group) is 1. The lowest BCUT2D eigenvalue weighted by molar-refractivity contribution is 0.116. The Morgan fingerprint density at radius 2 is 1.86 bits per heavy atom. The van der Waals surface area contributed by atoms with Crippen LogP contribution in [0.3, 0.4) is 0 Å². The predicted octanol–water partition coefficient (Wildman–Crippen LogP) is 2.73. The molecule has 1 aromatic rings. The van der Waals surface area contributed by atoms with Crippen molar-refractivity contribution in [1.29, 1.82) is 0 Å². The van der Waals surface area contributed by atoms with E-state index in [9.17, 15) is 5.11 Å². The molecule has 1 unspecified atom stereocenters. The average molecular weight is 295 g/mol. The number of rotatable bonds is 7. The molecule has 120 valence electrons. The molecule has 0 spiro atoms. The molecule has 2 N–H and O–H groups in total. The van der Waals surface area contributed by atoms with Crippen LogP contribution in [-0.4, -0.2) is 37.5 Å². The molecule has 0 bridgehead atoms. The van der Waals surface area contributed by atoms with Crippen molar-refractivity contribution in [2.45, 2.75) is 45.6 Å². The molecule has 21 heavy (non-hydrogen) atoms. The summed E-state index contributed by atoms with van der Waals surface area (Å²) in [4.78, 5) is 0. The van der Waals surface area contributed by atoms with Crippen LogP contribution in [0.1, 0.15) is 40.2 Å². The lowest BCUT2D eigenvalue weighted by atomic mass is 9.86. The van der Waals surface area contributed by atoms with Gasteiger partial charge in [-0.2, -0.15) is 0 Å². The summed E-state index contributed by atoms with van der Waals surface area (Å²) in [6.45, 7) is 11.6. The Morgan fingerprint density at radius 1 is 1.19 bits per heavy atom. The highest BCUT2D eigenvalue weighted by Crippen LogP contribution is 2.34. The second-order valence-electron chi connectivity index (χ2n) is 6.65. The molecule has 0 aliphatic carbocycles. The fourth-order valence-corrected chi connectivity index (χ4v) is 2.16. The van der Waals surface area contributed by atoms with E-state index in [-0.39, 0.29) is 12.0 Å². The Hall–Kier alpha value is -1.26. The number of benzene rings is 1. The van der Waals surface area contributed by atoms with Gasteiger partial charge in [-0.3, -0.25) is 0 Å². The smallest absolute Gasteiger partial charge is 0.123 e. The third-order valence-electron chi connectivity index (χ3n) is 3.49. The van der Waals surface area contributed by atoms with E-state index in [0.29, 0.717) is 6.61 Å². The van der Waals surface area contributed by atoms with E-state index >= 15 is 0 Å². The Bertz CT molecular complexity index is 454. The highest BCUT2D eigenvalue weighted by atomic mass is 16.5. The van der Waals surface area contributed by atoms with E-state index in [1.807, 2.05) is 32.0 Å². The van der Waals surface area contributed by atoms with Crippen LogP contribution >= 0.6 is 0 Å². The highest BCUT2D eigenvalue weighted by Gasteiger charge is 2.25. The first-order valence-electron chi connectivity index (χ1n) is 7.43. The van der Waals surface area contributed by atoms with Gasteiger partial charge in [0.05, 0.1) is 19.3 Å². The van der Waals surface area contributed by atoms with E-state index in [4.69, 9.17) is 9.47 Å². The SMILES string of the molecule is CCNC(C)(CO)COc1ccc(OC)cc1C(C)(C)C. The monoisotopic (exact) mass is 295 g/mol. The minimum absolute atomic E-state index is 0.0296. The van der Waals surface area contributed by atoms with Crippen LogP contribution in [0.2, 0.25) is 0 Å². The van der Waals surface area contributed by atoms with Crippen molar-refractivity contribution in [2.75, 3.05) is 26.9 Å². The minimum Gasteiger partial charge on any atom is -0.497 e. The second-order valence-corrected chi connectivity index (χ2v) is 6.65. The quantitative estimate of drug-likeness (QED) is 0.812. The second kappa shape index (κ2) is 7.14. The van der Waals surface area contributed by atoms with Gasteiger partial charge < -0.3 is 19.9 Å². The molecule has 1 aromatic carbocycles. The number of aliphatic hydroxyl groups is 1. The van der Waals surface area contributed by atoms with E-state index in [0.717, 1.165) is 23.6 Å². The third-order valence-corrected chi connectivity index (χ3v) is 3.49. The predicted molar refractivity (Wildman–Crippen MR) is 86.4 cm³/mol. The van der Waals surface area contributed by atoms with Gasteiger partial charge in [0.15, 0.2) is 0 Å². The van der Waals surface area contributed by atoms with E-state index in [1.165, 1.54) is 0 Å². The number of methoxy groups -OCH3 is 1. The van der Waals surface area contributed by atoms with Gasteiger partial charge in [0.1, 0.15) is 18.1 Å². The average Bonchev–Trinajstić information content (AvgIpc) is 2.44. The topological polar surface area (TPSA) is 50.7 Å². The molecule has 1 rings (SSSR count). The molecule has 0 saturated carbocycles. The zero-order valence-corrected chi connectivity index (χ0v) is 14.1. The molecule has 0 radical (unpaired) electrons. The van der Waals surface area contributed by atoms with Crippen LogP contribution in [-0.2, 0) is 5.41 Å². The van der Waals surface area contributed by atoms with Gasteiger partial charge >= 0.3 is 0 Å². The van der Waals surface area contributed by atoms with Crippen molar-refractivity contribution in [2.24, 2.45) is 0 Å². The summed E-state index contributed by atoms with van der Waals surface area (Å²) in [5, 5.41) is 12.8. The van der Waals surface area contributed by atoms with Crippen LogP contribution in [0.25, 0.3) is 0 Å². The minimum atomic E-state index is -0.441. The first kappa shape index (κ1) is 17.8. The number of hydrogen-bond donors (Lipinski definition) is 2. The standard InChI is InChI=1S/C17H29NO3/c1-7-18-17(5,11-19)12-21-15-9-8-13(20-6)10-14(15)16(2,3)4/h8-10,18-19H,7,11-12H2,1-6H3. The van der Waals surface area contributed by atoms with Crippen molar-refractivity contribution < 1.29 is 14.6 Å². The number of nitrogens with one attached hydrogen (secondary N) is 1. The molecule has 0 heterocycles. The van der Waals surface area contributed by atoms with Crippen LogP contribution in [0, 0.1) is 0 Å². The summed E-state index contributed by atoms with van der Waals surface area (Å²) in [6.07, 6.45) is 0. The first-order valence-corrected chi connectivity index (χ1v) is 7.43. The number of aliphatic hydroxyl groups excluding tert-OH is 1. The summed E-state index contributed by atoms with van der Waals surface area (Å²) in [7, 11) is 1.66. The third kappa shape index (κ3) is 4.90. The molecule has 0 saturated heterocycles. The molecule has 0 aliphatic rings. The van der Waals surface area contributed by atoms with Gasteiger partial charge in [-0.25, -0.2) is 0 Å². The zero-order chi connectivity index (χ0) is 16.1. The van der Waals surface area contributed by atoms with Gasteiger partial charge in [0.25, 0.3) is 0 Å². The summed E-state index contributed by atoms with van der Waals surface area (Å²) in [6, 6.07) is 5.84. The summed E-state index contributed by atoms with van der Waals surface area (Å²) < 4.78 is 11.3. The fourth-order valence-electron chi connectivity index (χ4n) is 2.16. The van der Waals surface area contributed by atoms with Crippen molar-refractivity contribution >= 4 is 0 Å². The summed E-state index contributed by atoms with van der Waals surface area (Å²) in [5.74, 6) is 1.66. The van der Waals surface area contributed by atoms with Gasteiger partial charge in [0, 0.05) is 5.56 Å². The molecule has 4 heteroatoms. The fraction of sp³-hybridized carbons (Fsp3) is 0.647. The van der Waals surface area contributed by atoms with E-state index in [1.54, 1.807) is 7.11 Å². The zero-order valence-electron chi connectivity index (χ0n) is 14.1. The maximum Gasteiger partial charge on any atom is 0.123 e. The Labute approximate surface area is 128 Å². The van der Waals surface area contributed by atoms with Crippen LogP contribution in [0.5, 0.6) is 11.5 Å². The molecule has 0 amide bonds. The molecular weight excluding hydrogens is 266 g/mol. The molecule has 0 fully saturated rings. The molecule has 0 aromatic heterocycles. The van der Waals surface area contributed by atoms with Gasteiger partial charge in [0.2, 0.25) is 0 Å². The molecule has 4 nitrogen and oxygen atoms in total. The normalized spacial score (nSPS) is 14.6. The van der Waals surface area contributed by atoms with Gasteiger partial charge in [-0.15, -0.1) is 0 Å². The van der Waals surface area contributed by atoms with Gasteiger partial charge in [-0.1, -0.05) is 27.7 Å². The maximum atomic E-state index is 9.54. The van der Waals surface area contributed by atoms with Crippen molar-refractivity contribution in [3.05, 3.63) is 23.8 Å². The van der Waals surface area contributed by atoms with E-state index < -0.39 is 5.54 Å². The van der Waals surface area contributed by atoms with Crippen molar-refractivity contribution in [3.8, 4) is 11.5 Å². The molecule has 0 aliphatic heterocycles. The van der Waals surface area contributed by atoms with Gasteiger partial charge in [-0.05, 0) is 37.1 Å². The van der Waals surface area contributed by atoms with Crippen molar-refractivity contribution in [3.63, 3.8) is 0 Å².